The van der Waals surface area contributed by atoms with Gasteiger partial charge in [-0.3, -0.25) is 0 Å². The number of nitrogens with zero attached hydrogens (tertiary/aromatic N) is 3. The van der Waals surface area contributed by atoms with Gasteiger partial charge in [-0.1, -0.05) is 27.2 Å². The van der Waals surface area contributed by atoms with E-state index in [2.05, 4.69) is 35.5 Å². The van der Waals surface area contributed by atoms with Gasteiger partial charge in [0.1, 0.15) is 12.7 Å². The van der Waals surface area contributed by atoms with Gasteiger partial charge in [-0.05, 0) is 30.6 Å². The maximum absolute atomic E-state index is 4.31. The molecule has 1 aliphatic carbocycles. The van der Waals surface area contributed by atoms with Crippen LogP contribution >= 0.6 is 0 Å². The highest BCUT2D eigenvalue weighted by Crippen LogP contribution is 2.40. The average molecular weight is 207 g/mol. The Hall–Kier alpha value is -0.860. The molecule has 1 heterocycles. The Morgan fingerprint density at radius 1 is 1.33 bits per heavy atom. The van der Waals surface area contributed by atoms with Crippen LogP contribution in [0.1, 0.15) is 46.1 Å². The van der Waals surface area contributed by atoms with E-state index in [9.17, 15) is 0 Å². The largest absolute Gasteiger partial charge is 0.250 e. The van der Waals surface area contributed by atoms with Crippen molar-refractivity contribution in [2.45, 2.75) is 46.1 Å². The maximum Gasteiger partial charge on any atom is 0.137 e. The highest BCUT2D eigenvalue weighted by molar-refractivity contribution is 4.84. The van der Waals surface area contributed by atoms with E-state index in [1.165, 1.54) is 19.3 Å². The fraction of sp³-hybridized carbons (Fsp3) is 0.833. The minimum absolute atomic E-state index is 0.566. The quantitative estimate of drug-likeness (QED) is 0.746. The second kappa shape index (κ2) is 4.33. The second-order valence-electron chi connectivity index (χ2n) is 5.27. The van der Waals surface area contributed by atoms with Gasteiger partial charge in [-0.2, -0.15) is 5.10 Å². The van der Waals surface area contributed by atoms with Crippen molar-refractivity contribution in [3.63, 3.8) is 0 Å². The van der Waals surface area contributed by atoms with E-state index in [4.69, 9.17) is 0 Å². The summed E-state index contributed by atoms with van der Waals surface area (Å²) >= 11 is 0. The summed E-state index contributed by atoms with van der Waals surface area (Å²) in [6.45, 7) is 7.00. The molecule has 1 aliphatic rings. The smallest absolute Gasteiger partial charge is 0.137 e. The number of hydrogen-bond acceptors (Lipinski definition) is 2. The summed E-state index contributed by atoms with van der Waals surface area (Å²) in [4.78, 5) is 4.07. The molecule has 15 heavy (non-hydrogen) atoms. The van der Waals surface area contributed by atoms with Crippen molar-refractivity contribution in [2.24, 2.45) is 17.8 Å². The molecule has 84 valence electrons. The molecule has 1 aromatic rings. The minimum atomic E-state index is 0.566. The van der Waals surface area contributed by atoms with E-state index in [0.29, 0.717) is 6.04 Å². The van der Waals surface area contributed by atoms with Crippen molar-refractivity contribution in [3.05, 3.63) is 12.7 Å². The SMILES string of the molecule is CC(C)C1CC[C@H](C)CC1n1cncn1. The molecule has 2 rings (SSSR count). The summed E-state index contributed by atoms with van der Waals surface area (Å²) in [5.41, 5.74) is 0. The van der Waals surface area contributed by atoms with Crippen LogP contribution in [0.15, 0.2) is 12.7 Å². The molecule has 3 nitrogen and oxygen atoms in total. The van der Waals surface area contributed by atoms with Gasteiger partial charge in [0, 0.05) is 0 Å². The molecule has 3 heteroatoms. The Morgan fingerprint density at radius 3 is 2.73 bits per heavy atom. The van der Waals surface area contributed by atoms with Crippen LogP contribution < -0.4 is 0 Å². The maximum atomic E-state index is 4.31. The van der Waals surface area contributed by atoms with Crippen LogP contribution in [0, 0.1) is 17.8 Å². The van der Waals surface area contributed by atoms with Gasteiger partial charge in [0.25, 0.3) is 0 Å². The summed E-state index contributed by atoms with van der Waals surface area (Å²) in [5, 5.41) is 4.31. The van der Waals surface area contributed by atoms with Gasteiger partial charge in [0.15, 0.2) is 0 Å². The standard InChI is InChI=1S/C12H21N3/c1-9(2)11-5-4-10(3)6-12(11)15-8-13-7-14-15/h7-12H,4-6H2,1-3H3/t10-,11?,12?/m0/s1. The first-order valence-corrected chi connectivity index (χ1v) is 6.02. The molecule has 0 amide bonds. The molecule has 0 radical (unpaired) electrons. The van der Waals surface area contributed by atoms with Gasteiger partial charge in [-0.15, -0.1) is 0 Å². The Morgan fingerprint density at radius 2 is 2.13 bits per heavy atom. The molecular formula is C12H21N3. The Balaban J connectivity index is 2.17. The molecule has 3 atom stereocenters. The Bertz CT molecular complexity index is 292. The van der Waals surface area contributed by atoms with E-state index < -0.39 is 0 Å². The van der Waals surface area contributed by atoms with Crippen LogP contribution in [0.5, 0.6) is 0 Å². The molecule has 0 aromatic carbocycles. The fourth-order valence-corrected chi connectivity index (χ4v) is 2.84. The lowest BCUT2D eigenvalue weighted by Crippen LogP contribution is -2.30. The molecule has 0 saturated heterocycles. The average Bonchev–Trinajstić information content (AvgIpc) is 2.69. The molecule has 0 spiro atoms. The van der Waals surface area contributed by atoms with E-state index >= 15 is 0 Å². The lowest BCUT2D eigenvalue weighted by Gasteiger charge is -2.37. The van der Waals surface area contributed by atoms with Crippen LogP contribution in [-0.4, -0.2) is 14.8 Å². The molecule has 0 aliphatic heterocycles. The van der Waals surface area contributed by atoms with Crippen molar-refractivity contribution in [1.82, 2.24) is 14.8 Å². The van der Waals surface area contributed by atoms with Crippen LogP contribution in [0.4, 0.5) is 0 Å². The summed E-state index contributed by atoms with van der Waals surface area (Å²) in [7, 11) is 0. The lowest BCUT2D eigenvalue weighted by molar-refractivity contribution is 0.139. The van der Waals surface area contributed by atoms with E-state index in [1.807, 2.05) is 6.33 Å². The van der Waals surface area contributed by atoms with Gasteiger partial charge in [0.2, 0.25) is 0 Å². The van der Waals surface area contributed by atoms with Crippen LogP contribution in [-0.2, 0) is 0 Å². The number of rotatable bonds is 2. The second-order valence-corrected chi connectivity index (χ2v) is 5.27. The van der Waals surface area contributed by atoms with Crippen LogP contribution in [0.3, 0.4) is 0 Å². The Labute approximate surface area is 91.9 Å². The molecule has 1 saturated carbocycles. The van der Waals surface area contributed by atoms with Gasteiger partial charge < -0.3 is 0 Å². The number of aromatic nitrogens is 3. The van der Waals surface area contributed by atoms with Crippen molar-refractivity contribution in [3.8, 4) is 0 Å². The van der Waals surface area contributed by atoms with E-state index in [1.54, 1.807) is 6.33 Å². The summed E-state index contributed by atoms with van der Waals surface area (Å²) in [6, 6.07) is 0.566. The third-order valence-corrected chi connectivity index (χ3v) is 3.76. The zero-order valence-electron chi connectivity index (χ0n) is 9.93. The monoisotopic (exact) mass is 207 g/mol. The Kier molecular flexibility index (Phi) is 3.08. The third kappa shape index (κ3) is 2.21. The molecule has 0 bridgehead atoms. The highest BCUT2D eigenvalue weighted by atomic mass is 15.3. The van der Waals surface area contributed by atoms with E-state index in [0.717, 1.165) is 17.8 Å². The molecule has 0 N–H and O–H groups in total. The van der Waals surface area contributed by atoms with Crippen molar-refractivity contribution >= 4 is 0 Å². The highest BCUT2D eigenvalue weighted by Gasteiger charge is 2.32. The van der Waals surface area contributed by atoms with Crippen molar-refractivity contribution in [1.29, 1.82) is 0 Å². The van der Waals surface area contributed by atoms with Crippen molar-refractivity contribution in [2.75, 3.05) is 0 Å². The molecule has 1 aromatic heterocycles. The topological polar surface area (TPSA) is 30.7 Å². The first-order chi connectivity index (χ1) is 7.18. The van der Waals surface area contributed by atoms with Crippen LogP contribution in [0.2, 0.25) is 0 Å². The summed E-state index contributed by atoms with van der Waals surface area (Å²) in [6.07, 6.45) is 7.48. The summed E-state index contributed by atoms with van der Waals surface area (Å²) in [5.74, 6) is 2.34. The van der Waals surface area contributed by atoms with Gasteiger partial charge >= 0.3 is 0 Å². The lowest BCUT2D eigenvalue weighted by atomic mass is 9.74. The van der Waals surface area contributed by atoms with E-state index in [-0.39, 0.29) is 0 Å². The van der Waals surface area contributed by atoms with Gasteiger partial charge in [-0.25, -0.2) is 9.67 Å². The third-order valence-electron chi connectivity index (χ3n) is 3.76. The normalized spacial score (nSPS) is 32.1. The van der Waals surface area contributed by atoms with Crippen molar-refractivity contribution < 1.29 is 0 Å². The predicted molar refractivity (Wildman–Crippen MR) is 60.4 cm³/mol. The summed E-state index contributed by atoms with van der Waals surface area (Å²) < 4.78 is 2.07. The zero-order valence-corrected chi connectivity index (χ0v) is 9.93. The minimum Gasteiger partial charge on any atom is -0.250 e. The fourth-order valence-electron chi connectivity index (χ4n) is 2.84. The molecule has 1 fully saturated rings. The first kappa shape index (κ1) is 10.7. The van der Waals surface area contributed by atoms with Crippen LogP contribution in [0.25, 0.3) is 0 Å². The predicted octanol–water partition coefficient (Wildman–Crippen LogP) is 2.91. The molecular weight excluding hydrogens is 186 g/mol. The first-order valence-electron chi connectivity index (χ1n) is 6.02. The number of hydrogen-bond donors (Lipinski definition) is 0. The molecule has 2 unspecified atom stereocenters. The van der Waals surface area contributed by atoms with Gasteiger partial charge in [0.05, 0.1) is 6.04 Å². The zero-order chi connectivity index (χ0) is 10.8.